The lowest BCUT2D eigenvalue weighted by molar-refractivity contribution is 0.382. The predicted octanol–water partition coefficient (Wildman–Crippen LogP) is 5.08. The minimum absolute atomic E-state index is 0.354. The van der Waals surface area contributed by atoms with Crippen molar-refractivity contribution in [1.82, 2.24) is 0 Å². The Morgan fingerprint density at radius 2 is 1.55 bits per heavy atom. The number of ether oxygens (including phenoxy) is 2. The fraction of sp³-hybridized carbons (Fsp3) is 0.300. The van der Waals surface area contributed by atoms with E-state index in [1.807, 2.05) is 6.07 Å². The number of methoxy groups -OCH3 is 2. The molecule has 0 unspecified atom stereocenters. The zero-order valence-electron chi connectivity index (χ0n) is 13.8. The van der Waals surface area contributed by atoms with Crippen LogP contribution in [0.1, 0.15) is 36.5 Å². The molecule has 2 heteroatoms. The molecule has 0 aromatic heterocycles. The third-order valence-electron chi connectivity index (χ3n) is 3.65. The number of rotatable bonds is 6. The average Bonchev–Trinajstić information content (AvgIpc) is 2.54. The molecule has 0 atom stereocenters. The van der Waals surface area contributed by atoms with Crippen molar-refractivity contribution in [3.8, 4) is 11.5 Å². The van der Waals surface area contributed by atoms with Gasteiger partial charge < -0.3 is 9.47 Å². The molecule has 0 saturated carbocycles. The molecule has 0 aliphatic heterocycles. The van der Waals surface area contributed by atoms with Crippen LogP contribution in [0.25, 0.3) is 6.08 Å². The highest BCUT2D eigenvalue weighted by atomic mass is 16.5. The van der Waals surface area contributed by atoms with Crippen LogP contribution in [0.5, 0.6) is 11.5 Å². The van der Waals surface area contributed by atoms with E-state index in [0.29, 0.717) is 5.92 Å². The molecule has 0 fully saturated rings. The average molecular weight is 296 g/mol. The summed E-state index contributed by atoms with van der Waals surface area (Å²) in [5.41, 5.74) is 3.51. The summed E-state index contributed by atoms with van der Waals surface area (Å²) < 4.78 is 11.1. The summed E-state index contributed by atoms with van der Waals surface area (Å²) in [6.45, 7) is 4.29. The molecule has 0 saturated heterocycles. The summed E-state index contributed by atoms with van der Waals surface area (Å²) in [5, 5.41) is 0. The van der Waals surface area contributed by atoms with Crippen molar-refractivity contribution in [2.24, 2.45) is 0 Å². The van der Waals surface area contributed by atoms with Gasteiger partial charge in [-0.3, -0.25) is 0 Å². The molecule has 2 aromatic carbocycles. The van der Waals surface area contributed by atoms with Gasteiger partial charge in [-0.1, -0.05) is 56.3 Å². The van der Waals surface area contributed by atoms with Gasteiger partial charge in [-0.2, -0.15) is 0 Å². The fourth-order valence-electron chi connectivity index (χ4n) is 2.57. The first-order valence-corrected chi connectivity index (χ1v) is 7.62. The zero-order chi connectivity index (χ0) is 15.9. The van der Waals surface area contributed by atoms with Gasteiger partial charge >= 0.3 is 0 Å². The molecule has 0 aliphatic rings. The Morgan fingerprint density at radius 3 is 2.05 bits per heavy atom. The Bertz CT molecular complexity index is 602. The van der Waals surface area contributed by atoms with Crippen molar-refractivity contribution < 1.29 is 9.47 Å². The summed E-state index contributed by atoms with van der Waals surface area (Å²) >= 11 is 0. The largest absolute Gasteiger partial charge is 0.496 e. The van der Waals surface area contributed by atoms with Gasteiger partial charge in [0.1, 0.15) is 11.5 Å². The van der Waals surface area contributed by atoms with Crippen LogP contribution < -0.4 is 9.47 Å². The standard InChI is InChI=1S/C20H24O2/c1-15(2)20-18(21-3)13-17(14-19(20)22-4)12-8-11-16-9-6-5-7-10-16/h5-10,12-15H,11H2,1-4H3. The number of hydrogen-bond donors (Lipinski definition) is 0. The van der Waals surface area contributed by atoms with Crippen molar-refractivity contribution >= 4 is 6.08 Å². The Balaban J connectivity index is 2.24. The van der Waals surface area contributed by atoms with E-state index in [2.05, 4.69) is 62.4 Å². The number of allylic oxidation sites excluding steroid dienone is 1. The highest BCUT2D eigenvalue weighted by Crippen LogP contribution is 2.36. The molecule has 2 rings (SSSR count). The van der Waals surface area contributed by atoms with Crippen LogP contribution in [0.2, 0.25) is 0 Å². The smallest absolute Gasteiger partial charge is 0.126 e. The summed E-state index contributed by atoms with van der Waals surface area (Å²) in [6, 6.07) is 14.6. The van der Waals surface area contributed by atoms with Crippen molar-refractivity contribution in [3.63, 3.8) is 0 Å². The van der Waals surface area contributed by atoms with E-state index < -0.39 is 0 Å². The Kier molecular flexibility index (Phi) is 5.65. The highest BCUT2D eigenvalue weighted by Gasteiger charge is 2.14. The van der Waals surface area contributed by atoms with Gasteiger partial charge in [0.05, 0.1) is 14.2 Å². The maximum Gasteiger partial charge on any atom is 0.126 e. The molecule has 0 bridgehead atoms. The first-order valence-electron chi connectivity index (χ1n) is 7.62. The van der Waals surface area contributed by atoms with E-state index >= 15 is 0 Å². The molecule has 116 valence electrons. The summed E-state index contributed by atoms with van der Waals surface area (Å²) in [5.74, 6) is 2.12. The molecule has 0 radical (unpaired) electrons. The Hall–Kier alpha value is -2.22. The lowest BCUT2D eigenvalue weighted by Crippen LogP contribution is -1.99. The zero-order valence-corrected chi connectivity index (χ0v) is 13.8. The van der Waals surface area contributed by atoms with Crippen molar-refractivity contribution in [1.29, 1.82) is 0 Å². The molecule has 0 heterocycles. The first kappa shape index (κ1) is 16.2. The maximum atomic E-state index is 5.54. The van der Waals surface area contributed by atoms with Crippen LogP contribution in [0.4, 0.5) is 0 Å². The van der Waals surface area contributed by atoms with Crippen LogP contribution in [-0.4, -0.2) is 14.2 Å². The normalized spacial score (nSPS) is 11.1. The SMILES string of the molecule is COc1cc(C=CCc2ccccc2)cc(OC)c1C(C)C. The molecule has 2 nitrogen and oxygen atoms in total. The van der Waals surface area contributed by atoms with Crippen molar-refractivity contribution in [3.05, 3.63) is 65.2 Å². The third kappa shape index (κ3) is 3.91. The van der Waals surface area contributed by atoms with Gasteiger partial charge in [0.25, 0.3) is 0 Å². The quantitative estimate of drug-likeness (QED) is 0.739. The molecule has 22 heavy (non-hydrogen) atoms. The van der Waals surface area contributed by atoms with Crippen molar-refractivity contribution in [2.75, 3.05) is 14.2 Å². The van der Waals surface area contributed by atoms with Gasteiger partial charge in [0, 0.05) is 5.56 Å². The van der Waals surface area contributed by atoms with Gasteiger partial charge in [0.15, 0.2) is 0 Å². The second-order valence-electron chi connectivity index (χ2n) is 5.59. The summed E-state index contributed by atoms with van der Waals surface area (Å²) in [7, 11) is 3.41. The number of hydrogen-bond acceptors (Lipinski definition) is 2. The molecular weight excluding hydrogens is 272 g/mol. The van der Waals surface area contributed by atoms with Crippen molar-refractivity contribution in [2.45, 2.75) is 26.2 Å². The summed E-state index contributed by atoms with van der Waals surface area (Å²) in [4.78, 5) is 0. The van der Waals surface area contributed by atoms with E-state index in [-0.39, 0.29) is 0 Å². The maximum absolute atomic E-state index is 5.54. The van der Waals surface area contributed by atoms with Gasteiger partial charge in [-0.25, -0.2) is 0 Å². The molecular formula is C20H24O2. The van der Waals surface area contributed by atoms with Gasteiger partial charge in [0.2, 0.25) is 0 Å². The lowest BCUT2D eigenvalue weighted by atomic mass is 9.98. The monoisotopic (exact) mass is 296 g/mol. The molecule has 0 N–H and O–H groups in total. The summed E-state index contributed by atoms with van der Waals surface area (Å²) in [6.07, 6.45) is 5.19. The molecule has 0 aliphatic carbocycles. The molecule has 0 spiro atoms. The molecule has 0 amide bonds. The van der Waals surface area contributed by atoms with E-state index in [4.69, 9.17) is 9.47 Å². The van der Waals surface area contributed by atoms with E-state index in [1.165, 1.54) is 5.56 Å². The van der Waals surface area contributed by atoms with E-state index in [1.54, 1.807) is 14.2 Å². The highest BCUT2D eigenvalue weighted by molar-refractivity contribution is 5.60. The second-order valence-corrected chi connectivity index (χ2v) is 5.59. The topological polar surface area (TPSA) is 18.5 Å². The van der Waals surface area contributed by atoms with Crippen LogP contribution in [0.3, 0.4) is 0 Å². The van der Waals surface area contributed by atoms with Crippen LogP contribution >= 0.6 is 0 Å². The first-order chi connectivity index (χ1) is 10.7. The van der Waals surface area contributed by atoms with Crippen LogP contribution in [-0.2, 0) is 6.42 Å². The minimum atomic E-state index is 0.354. The van der Waals surface area contributed by atoms with E-state index in [0.717, 1.165) is 29.0 Å². The van der Waals surface area contributed by atoms with E-state index in [9.17, 15) is 0 Å². The lowest BCUT2D eigenvalue weighted by Gasteiger charge is -2.17. The minimum Gasteiger partial charge on any atom is -0.496 e. The predicted molar refractivity (Wildman–Crippen MR) is 92.8 cm³/mol. The van der Waals surface area contributed by atoms with Crippen LogP contribution in [0, 0.1) is 0 Å². The Morgan fingerprint density at radius 1 is 0.955 bits per heavy atom. The van der Waals surface area contributed by atoms with Gasteiger partial charge in [-0.15, -0.1) is 0 Å². The third-order valence-corrected chi connectivity index (χ3v) is 3.65. The fourth-order valence-corrected chi connectivity index (χ4v) is 2.57. The number of benzene rings is 2. The van der Waals surface area contributed by atoms with Crippen LogP contribution in [0.15, 0.2) is 48.5 Å². The molecule has 2 aromatic rings. The Labute approximate surface area is 133 Å². The second kappa shape index (κ2) is 7.69. The van der Waals surface area contributed by atoms with Gasteiger partial charge in [-0.05, 0) is 35.6 Å².